The summed E-state index contributed by atoms with van der Waals surface area (Å²) in [4.78, 5) is 2.29. The molecule has 0 aliphatic carbocycles. The molecule has 2 heterocycles. The zero-order valence-electron chi connectivity index (χ0n) is 13.1. The molecule has 2 aromatic carbocycles. The number of β-amino-alcohol motifs (C(OH)–C–C–N with tert-alkyl or cyclic N) is 1. The average Bonchev–Trinajstić information content (AvgIpc) is 2.98. The van der Waals surface area contributed by atoms with Crippen LogP contribution in [0.4, 0.5) is 0 Å². The Balaban J connectivity index is 1.46. The van der Waals surface area contributed by atoms with Gasteiger partial charge in [-0.1, -0.05) is 36.4 Å². The van der Waals surface area contributed by atoms with Crippen molar-refractivity contribution in [3.63, 3.8) is 0 Å². The SMILES string of the molecule is O[C@@]1(c2ccccc2)CCN(Cc2ccc3c(c2)OCCO3)C1. The number of hydrogen-bond donors (Lipinski definition) is 1. The van der Waals surface area contributed by atoms with Gasteiger partial charge < -0.3 is 14.6 Å². The standard InChI is InChI=1S/C19H21NO3/c21-19(16-4-2-1-3-5-16)8-9-20(14-19)13-15-6-7-17-18(12-15)23-11-10-22-17/h1-7,12,21H,8-11,13-14H2/t19-/m0/s1. The highest BCUT2D eigenvalue weighted by molar-refractivity contribution is 5.43. The van der Waals surface area contributed by atoms with Gasteiger partial charge in [0.2, 0.25) is 0 Å². The summed E-state index contributed by atoms with van der Waals surface area (Å²) in [5.41, 5.74) is 1.45. The van der Waals surface area contributed by atoms with Crippen molar-refractivity contribution < 1.29 is 14.6 Å². The van der Waals surface area contributed by atoms with Crippen LogP contribution in [-0.4, -0.2) is 36.3 Å². The molecule has 4 rings (SSSR count). The van der Waals surface area contributed by atoms with Gasteiger partial charge in [0.25, 0.3) is 0 Å². The molecule has 2 aliphatic rings. The first kappa shape index (κ1) is 14.5. The summed E-state index contributed by atoms with van der Waals surface area (Å²) in [6.45, 7) is 3.58. The van der Waals surface area contributed by atoms with Crippen molar-refractivity contribution in [1.29, 1.82) is 0 Å². The monoisotopic (exact) mass is 311 g/mol. The molecule has 0 spiro atoms. The molecule has 0 aromatic heterocycles. The third kappa shape index (κ3) is 2.92. The van der Waals surface area contributed by atoms with E-state index in [1.165, 1.54) is 5.56 Å². The Bertz CT molecular complexity index is 688. The predicted molar refractivity (Wildman–Crippen MR) is 87.7 cm³/mol. The number of ether oxygens (including phenoxy) is 2. The van der Waals surface area contributed by atoms with Crippen molar-refractivity contribution in [3.05, 3.63) is 59.7 Å². The largest absolute Gasteiger partial charge is 0.486 e. The molecule has 2 aliphatic heterocycles. The van der Waals surface area contributed by atoms with Crippen LogP contribution < -0.4 is 9.47 Å². The lowest BCUT2D eigenvalue weighted by molar-refractivity contribution is 0.0453. The van der Waals surface area contributed by atoms with E-state index in [0.717, 1.165) is 36.6 Å². The number of likely N-dealkylation sites (tertiary alicyclic amines) is 1. The van der Waals surface area contributed by atoms with E-state index in [1.54, 1.807) is 0 Å². The fraction of sp³-hybridized carbons (Fsp3) is 0.368. The molecule has 1 fully saturated rings. The Labute approximate surface area is 136 Å². The maximum Gasteiger partial charge on any atom is 0.161 e. The molecule has 0 bridgehead atoms. The maximum atomic E-state index is 10.9. The molecule has 4 nitrogen and oxygen atoms in total. The van der Waals surface area contributed by atoms with Crippen molar-refractivity contribution in [2.45, 2.75) is 18.6 Å². The summed E-state index contributed by atoms with van der Waals surface area (Å²) < 4.78 is 11.2. The molecule has 4 heteroatoms. The first-order valence-electron chi connectivity index (χ1n) is 8.12. The third-order valence-electron chi connectivity index (χ3n) is 4.65. The van der Waals surface area contributed by atoms with Crippen LogP contribution in [0.3, 0.4) is 0 Å². The van der Waals surface area contributed by atoms with Crippen LogP contribution in [0.1, 0.15) is 17.5 Å². The third-order valence-corrected chi connectivity index (χ3v) is 4.65. The minimum absolute atomic E-state index is 0.605. The van der Waals surface area contributed by atoms with Crippen LogP contribution in [0.25, 0.3) is 0 Å². The van der Waals surface area contributed by atoms with Gasteiger partial charge in [-0.15, -0.1) is 0 Å². The Morgan fingerprint density at radius 3 is 2.61 bits per heavy atom. The highest BCUT2D eigenvalue weighted by Gasteiger charge is 2.37. The topological polar surface area (TPSA) is 41.9 Å². The van der Waals surface area contributed by atoms with E-state index in [4.69, 9.17) is 9.47 Å². The lowest BCUT2D eigenvalue weighted by atomic mass is 9.93. The molecule has 2 aromatic rings. The first-order chi connectivity index (χ1) is 11.2. The minimum atomic E-state index is -0.741. The molecule has 0 saturated carbocycles. The molecule has 0 unspecified atom stereocenters. The summed E-state index contributed by atoms with van der Waals surface area (Å²) in [5.74, 6) is 1.65. The second kappa shape index (κ2) is 5.87. The Morgan fingerprint density at radius 1 is 1.00 bits per heavy atom. The van der Waals surface area contributed by atoms with Crippen LogP contribution in [-0.2, 0) is 12.1 Å². The molecular formula is C19H21NO3. The normalized spacial score (nSPS) is 23.9. The highest BCUT2D eigenvalue weighted by Crippen LogP contribution is 2.34. The van der Waals surface area contributed by atoms with Crippen LogP contribution >= 0.6 is 0 Å². The quantitative estimate of drug-likeness (QED) is 0.946. The fourth-order valence-electron chi connectivity index (χ4n) is 3.43. The van der Waals surface area contributed by atoms with Crippen LogP contribution in [0.5, 0.6) is 11.5 Å². The smallest absolute Gasteiger partial charge is 0.161 e. The van der Waals surface area contributed by atoms with Crippen molar-refractivity contribution in [2.75, 3.05) is 26.3 Å². The van der Waals surface area contributed by atoms with E-state index in [2.05, 4.69) is 11.0 Å². The second-order valence-corrected chi connectivity index (χ2v) is 6.34. The van der Waals surface area contributed by atoms with E-state index in [9.17, 15) is 5.11 Å². The van der Waals surface area contributed by atoms with Crippen molar-refractivity contribution in [3.8, 4) is 11.5 Å². The number of aliphatic hydroxyl groups is 1. The Kier molecular flexibility index (Phi) is 3.71. The Morgan fingerprint density at radius 2 is 1.78 bits per heavy atom. The first-order valence-corrected chi connectivity index (χ1v) is 8.12. The van der Waals surface area contributed by atoms with Gasteiger partial charge in [-0.05, 0) is 29.7 Å². The summed E-state index contributed by atoms with van der Waals surface area (Å²) in [6, 6.07) is 16.1. The van der Waals surface area contributed by atoms with E-state index < -0.39 is 5.60 Å². The molecule has 0 amide bonds. The fourth-order valence-corrected chi connectivity index (χ4v) is 3.43. The van der Waals surface area contributed by atoms with Gasteiger partial charge in [-0.25, -0.2) is 0 Å². The minimum Gasteiger partial charge on any atom is -0.486 e. The molecule has 1 saturated heterocycles. The van der Waals surface area contributed by atoms with Crippen molar-refractivity contribution >= 4 is 0 Å². The van der Waals surface area contributed by atoms with Crippen LogP contribution in [0.15, 0.2) is 48.5 Å². The van der Waals surface area contributed by atoms with Crippen molar-refractivity contribution in [1.82, 2.24) is 4.90 Å². The number of nitrogens with zero attached hydrogens (tertiary/aromatic N) is 1. The Hall–Kier alpha value is -2.04. The predicted octanol–water partition coefficient (Wildman–Crippen LogP) is 2.55. The van der Waals surface area contributed by atoms with Crippen LogP contribution in [0.2, 0.25) is 0 Å². The van der Waals surface area contributed by atoms with Gasteiger partial charge in [0, 0.05) is 19.6 Å². The summed E-state index contributed by atoms with van der Waals surface area (Å²) >= 11 is 0. The second-order valence-electron chi connectivity index (χ2n) is 6.34. The summed E-state index contributed by atoms with van der Waals surface area (Å²) in [5, 5.41) is 10.9. The number of rotatable bonds is 3. The molecular weight excluding hydrogens is 290 g/mol. The van der Waals surface area contributed by atoms with E-state index in [1.807, 2.05) is 42.5 Å². The lowest BCUT2D eigenvalue weighted by Gasteiger charge is -2.24. The van der Waals surface area contributed by atoms with Crippen molar-refractivity contribution in [2.24, 2.45) is 0 Å². The zero-order valence-corrected chi connectivity index (χ0v) is 13.1. The molecule has 120 valence electrons. The van der Waals surface area contributed by atoms with Gasteiger partial charge in [0.1, 0.15) is 18.8 Å². The average molecular weight is 311 g/mol. The van der Waals surface area contributed by atoms with E-state index >= 15 is 0 Å². The highest BCUT2D eigenvalue weighted by atomic mass is 16.6. The summed E-state index contributed by atoms with van der Waals surface area (Å²) in [7, 11) is 0. The maximum absolute atomic E-state index is 10.9. The number of hydrogen-bond acceptors (Lipinski definition) is 4. The lowest BCUT2D eigenvalue weighted by Crippen LogP contribution is -2.30. The summed E-state index contributed by atoms with van der Waals surface area (Å²) in [6.07, 6.45) is 0.765. The van der Waals surface area contributed by atoms with E-state index in [0.29, 0.717) is 19.8 Å². The number of fused-ring (bicyclic) bond motifs is 1. The zero-order chi connectivity index (χ0) is 15.7. The van der Waals surface area contributed by atoms with Crippen LogP contribution in [0, 0.1) is 0 Å². The molecule has 23 heavy (non-hydrogen) atoms. The van der Waals surface area contributed by atoms with Gasteiger partial charge in [-0.2, -0.15) is 0 Å². The molecule has 1 atom stereocenters. The van der Waals surface area contributed by atoms with Gasteiger partial charge in [-0.3, -0.25) is 4.90 Å². The number of benzene rings is 2. The van der Waals surface area contributed by atoms with E-state index in [-0.39, 0.29) is 0 Å². The van der Waals surface area contributed by atoms with Gasteiger partial charge in [0.15, 0.2) is 11.5 Å². The molecule has 1 N–H and O–H groups in total. The molecule has 0 radical (unpaired) electrons. The van der Waals surface area contributed by atoms with Gasteiger partial charge >= 0.3 is 0 Å². The van der Waals surface area contributed by atoms with Gasteiger partial charge in [0.05, 0.1) is 0 Å².